The summed E-state index contributed by atoms with van der Waals surface area (Å²) in [5.74, 6) is -0.353. The summed E-state index contributed by atoms with van der Waals surface area (Å²) in [6.45, 7) is 0.00501. The van der Waals surface area contributed by atoms with Crippen molar-refractivity contribution in [3.63, 3.8) is 0 Å². The van der Waals surface area contributed by atoms with E-state index < -0.39 is 12.1 Å². The van der Waals surface area contributed by atoms with Gasteiger partial charge in [0.1, 0.15) is 0 Å². The molecule has 0 saturated heterocycles. The molecule has 0 fully saturated rings. The van der Waals surface area contributed by atoms with Crippen molar-refractivity contribution in [1.29, 1.82) is 0 Å². The van der Waals surface area contributed by atoms with Crippen molar-refractivity contribution in [2.45, 2.75) is 0 Å². The van der Waals surface area contributed by atoms with Crippen LogP contribution in [-0.4, -0.2) is 36.2 Å². The Balaban J connectivity index is 2.13. The first kappa shape index (κ1) is 12.8. The molecule has 0 aliphatic carbocycles. The van der Waals surface area contributed by atoms with Gasteiger partial charge in [0.2, 0.25) is 0 Å². The Bertz CT molecular complexity index is 534. The van der Waals surface area contributed by atoms with Gasteiger partial charge in [-0.05, 0) is 24.3 Å². The number of carbonyl (C=O) groups is 3. The summed E-state index contributed by atoms with van der Waals surface area (Å²) in [5.41, 5.74) is 0.642. The number of nitrogens with one attached hydrogen (secondary N) is 1. The fourth-order valence-corrected chi connectivity index (χ4v) is 1.51. The number of benzene rings is 1. The number of amides is 5. The number of hydrogen-bond acceptors (Lipinski definition) is 4. The molecule has 0 unspecified atom stereocenters. The number of urea groups is 2. The van der Waals surface area contributed by atoms with Crippen molar-refractivity contribution in [3.05, 3.63) is 29.8 Å². The Morgan fingerprint density at radius 1 is 1.16 bits per heavy atom. The molecule has 0 spiro atoms. The number of carbonyl (C=O) groups excluding carboxylic acids is 3. The Morgan fingerprint density at radius 3 is 2.26 bits per heavy atom. The maximum absolute atomic E-state index is 11.6. The largest absolute Gasteiger partial charge is 0.395 e. The van der Waals surface area contributed by atoms with E-state index in [1.54, 1.807) is 0 Å². The van der Waals surface area contributed by atoms with E-state index in [4.69, 9.17) is 5.11 Å². The molecule has 0 radical (unpaired) electrons. The molecule has 0 bridgehead atoms. The number of aliphatic hydroxyl groups excluding tert-OH is 1. The number of hydrogen-bond donors (Lipinski definition) is 2. The second kappa shape index (κ2) is 5.36. The van der Waals surface area contributed by atoms with Crippen LogP contribution in [0.3, 0.4) is 0 Å². The zero-order valence-electron chi connectivity index (χ0n) is 9.74. The number of imide groups is 1. The van der Waals surface area contributed by atoms with Crippen LogP contribution in [0.5, 0.6) is 0 Å². The van der Waals surface area contributed by atoms with Gasteiger partial charge in [-0.3, -0.25) is 4.79 Å². The third-order valence-electron chi connectivity index (χ3n) is 2.39. The minimum absolute atomic E-state index is 0.149. The number of azo groups is 1. The molecule has 19 heavy (non-hydrogen) atoms. The lowest BCUT2D eigenvalue weighted by atomic mass is 10.2. The lowest BCUT2D eigenvalue weighted by Gasteiger charge is -2.11. The topological polar surface area (TPSA) is 111 Å². The van der Waals surface area contributed by atoms with Gasteiger partial charge >= 0.3 is 12.1 Å². The highest BCUT2D eigenvalue weighted by molar-refractivity contribution is 6.17. The lowest BCUT2D eigenvalue weighted by Crippen LogP contribution is -2.28. The van der Waals surface area contributed by atoms with Gasteiger partial charge in [0, 0.05) is 12.1 Å². The van der Waals surface area contributed by atoms with E-state index in [-0.39, 0.29) is 19.1 Å². The predicted octanol–water partition coefficient (Wildman–Crippen LogP) is 0.921. The molecule has 1 heterocycles. The Labute approximate surface area is 107 Å². The SMILES string of the molecule is O=C(NCCO)c1ccc(N2C(=O)N=NC2=O)cc1. The first-order chi connectivity index (χ1) is 9.13. The van der Waals surface area contributed by atoms with Crippen LogP contribution >= 0.6 is 0 Å². The maximum Gasteiger partial charge on any atom is 0.375 e. The van der Waals surface area contributed by atoms with Crippen molar-refractivity contribution < 1.29 is 19.5 Å². The quantitative estimate of drug-likeness (QED) is 0.840. The molecular weight excluding hydrogens is 252 g/mol. The van der Waals surface area contributed by atoms with Crippen molar-refractivity contribution in [3.8, 4) is 0 Å². The summed E-state index contributed by atoms with van der Waals surface area (Å²) in [7, 11) is 0. The summed E-state index contributed by atoms with van der Waals surface area (Å²) < 4.78 is 0. The zero-order chi connectivity index (χ0) is 13.8. The fourth-order valence-electron chi connectivity index (χ4n) is 1.51. The van der Waals surface area contributed by atoms with E-state index in [1.807, 2.05) is 0 Å². The van der Waals surface area contributed by atoms with Crippen molar-refractivity contribution >= 4 is 23.7 Å². The summed E-state index contributed by atoms with van der Waals surface area (Å²) in [6.07, 6.45) is 0. The van der Waals surface area contributed by atoms with Crippen LogP contribution in [0.25, 0.3) is 0 Å². The zero-order valence-corrected chi connectivity index (χ0v) is 9.74. The molecular formula is C11H10N4O4. The Hall–Kier alpha value is -2.61. The standard InChI is InChI=1S/C11H10N4O4/c16-6-5-12-9(17)7-1-3-8(4-2-7)15-10(18)13-14-11(15)19/h1-4,16H,5-6H2,(H,12,17). The van der Waals surface area contributed by atoms with Crippen LogP contribution in [0, 0.1) is 0 Å². The van der Waals surface area contributed by atoms with E-state index in [0.29, 0.717) is 11.3 Å². The molecule has 8 heteroatoms. The van der Waals surface area contributed by atoms with E-state index in [0.717, 1.165) is 4.90 Å². The van der Waals surface area contributed by atoms with Gasteiger partial charge in [0.05, 0.1) is 12.3 Å². The van der Waals surface area contributed by atoms with Crippen molar-refractivity contribution in [1.82, 2.24) is 5.32 Å². The Morgan fingerprint density at radius 2 is 1.74 bits per heavy atom. The van der Waals surface area contributed by atoms with Crippen molar-refractivity contribution in [2.75, 3.05) is 18.1 Å². The van der Waals surface area contributed by atoms with Gasteiger partial charge in [-0.1, -0.05) is 10.2 Å². The monoisotopic (exact) mass is 262 g/mol. The molecule has 0 atom stereocenters. The minimum atomic E-state index is -0.762. The molecule has 1 aliphatic heterocycles. The summed E-state index contributed by atoms with van der Waals surface area (Å²) >= 11 is 0. The summed E-state index contributed by atoms with van der Waals surface area (Å²) in [6, 6.07) is 4.28. The van der Waals surface area contributed by atoms with Gasteiger partial charge in [0.15, 0.2) is 0 Å². The van der Waals surface area contributed by atoms with Crippen LogP contribution in [0.4, 0.5) is 15.3 Å². The number of anilines is 1. The van der Waals surface area contributed by atoms with Gasteiger partial charge < -0.3 is 10.4 Å². The Kier molecular flexibility index (Phi) is 3.62. The smallest absolute Gasteiger partial charge is 0.375 e. The van der Waals surface area contributed by atoms with Gasteiger partial charge in [-0.25, -0.2) is 14.5 Å². The normalized spacial score (nSPS) is 14.1. The van der Waals surface area contributed by atoms with E-state index in [2.05, 4.69) is 15.5 Å². The third-order valence-corrected chi connectivity index (χ3v) is 2.39. The van der Waals surface area contributed by atoms with Crippen LogP contribution in [0.15, 0.2) is 34.5 Å². The predicted molar refractivity (Wildman–Crippen MR) is 64.0 cm³/mol. The molecule has 1 aromatic rings. The molecule has 2 rings (SSSR count). The summed E-state index contributed by atoms with van der Waals surface area (Å²) in [5, 5.41) is 17.3. The van der Waals surface area contributed by atoms with Gasteiger partial charge in [-0.2, -0.15) is 0 Å². The first-order valence-corrected chi connectivity index (χ1v) is 5.42. The number of nitrogens with zero attached hydrogens (tertiary/aromatic N) is 3. The van der Waals surface area contributed by atoms with Gasteiger partial charge in [0.25, 0.3) is 5.91 Å². The molecule has 8 nitrogen and oxygen atoms in total. The average Bonchev–Trinajstić information content (AvgIpc) is 2.76. The molecule has 0 aromatic heterocycles. The maximum atomic E-state index is 11.6. The molecule has 1 aromatic carbocycles. The van der Waals surface area contributed by atoms with Gasteiger partial charge in [-0.15, -0.1) is 0 Å². The first-order valence-electron chi connectivity index (χ1n) is 5.42. The highest BCUT2D eigenvalue weighted by Crippen LogP contribution is 2.20. The minimum Gasteiger partial charge on any atom is -0.395 e. The van der Waals surface area contributed by atoms with Crippen LogP contribution in [0.1, 0.15) is 10.4 Å². The van der Waals surface area contributed by atoms with Crippen LogP contribution in [-0.2, 0) is 0 Å². The highest BCUT2D eigenvalue weighted by Gasteiger charge is 2.28. The number of aliphatic hydroxyl groups is 1. The molecule has 0 saturated carbocycles. The highest BCUT2D eigenvalue weighted by atomic mass is 16.3. The summed E-state index contributed by atoms with van der Waals surface area (Å²) in [4.78, 5) is 34.9. The van der Waals surface area contributed by atoms with Crippen LogP contribution in [0.2, 0.25) is 0 Å². The molecule has 1 aliphatic rings. The molecule has 2 N–H and O–H groups in total. The van der Waals surface area contributed by atoms with E-state index in [1.165, 1.54) is 24.3 Å². The fraction of sp³-hybridized carbons (Fsp3) is 0.182. The molecule has 5 amide bonds. The lowest BCUT2D eigenvalue weighted by molar-refractivity contribution is 0.0945. The second-order valence-electron chi connectivity index (χ2n) is 3.63. The second-order valence-corrected chi connectivity index (χ2v) is 3.63. The van der Waals surface area contributed by atoms with E-state index >= 15 is 0 Å². The molecule has 98 valence electrons. The number of rotatable bonds is 4. The average molecular weight is 262 g/mol. The van der Waals surface area contributed by atoms with Crippen molar-refractivity contribution in [2.24, 2.45) is 10.2 Å². The third kappa shape index (κ3) is 2.63. The van der Waals surface area contributed by atoms with Crippen LogP contribution < -0.4 is 10.2 Å². The van der Waals surface area contributed by atoms with E-state index in [9.17, 15) is 14.4 Å².